The number of hydrogen-bond acceptors (Lipinski definition) is 3. The third kappa shape index (κ3) is 3.33. The van der Waals surface area contributed by atoms with Gasteiger partial charge in [-0.15, -0.1) is 11.8 Å². The number of nitrogens with one attached hydrogen (secondary N) is 1. The van der Waals surface area contributed by atoms with E-state index < -0.39 is 0 Å². The second kappa shape index (κ2) is 5.86. The largest absolute Gasteiger partial charge is 0.300 e. The summed E-state index contributed by atoms with van der Waals surface area (Å²) in [5, 5.41) is 3.85. The number of nitrogens with zero attached hydrogens (tertiary/aromatic N) is 1. The Morgan fingerprint density at radius 2 is 2.00 bits per heavy atom. The van der Waals surface area contributed by atoms with E-state index in [1.807, 2.05) is 0 Å². The molecule has 3 heteroatoms. The molecule has 1 aromatic rings. The van der Waals surface area contributed by atoms with E-state index in [-0.39, 0.29) is 0 Å². The Morgan fingerprint density at radius 3 is 2.68 bits per heavy atom. The quantitative estimate of drug-likeness (QED) is 0.893. The van der Waals surface area contributed by atoms with Crippen LogP contribution in [-0.4, -0.2) is 34.7 Å². The van der Waals surface area contributed by atoms with Crippen LogP contribution in [0.25, 0.3) is 0 Å². The second-order valence-corrected chi connectivity index (χ2v) is 7.42. The lowest BCUT2D eigenvalue weighted by Crippen LogP contribution is -2.56. The molecule has 0 aliphatic carbocycles. The molecule has 0 saturated carbocycles. The summed E-state index contributed by atoms with van der Waals surface area (Å²) in [6.07, 6.45) is 3.89. The molecule has 1 atom stereocenters. The molecule has 0 radical (unpaired) electrons. The molecule has 2 aliphatic rings. The molecule has 1 spiro atoms. The smallest absolute Gasteiger partial charge is 0.0671 e. The van der Waals surface area contributed by atoms with Crippen LogP contribution in [0.3, 0.4) is 0 Å². The molecule has 3 rings (SSSR count). The molecular formula is C16H24N2S. The van der Waals surface area contributed by atoms with Gasteiger partial charge in [0.15, 0.2) is 0 Å². The third-order valence-corrected chi connectivity index (χ3v) is 5.87. The molecule has 104 valence electrons. The normalized spacial score (nSPS) is 27.5. The van der Waals surface area contributed by atoms with Gasteiger partial charge in [-0.05, 0) is 37.5 Å². The van der Waals surface area contributed by atoms with Gasteiger partial charge in [0, 0.05) is 25.7 Å². The van der Waals surface area contributed by atoms with Gasteiger partial charge in [0.1, 0.15) is 0 Å². The average Bonchev–Trinajstić information content (AvgIpc) is 2.43. The number of benzene rings is 1. The topological polar surface area (TPSA) is 15.3 Å². The van der Waals surface area contributed by atoms with E-state index in [2.05, 4.69) is 59.2 Å². The predicted molar refractivity (Wildman–Crippen MR) is 83.4 cm³/mol. The summed E-state index contributed by atoms with van der Waals surface area (Å²) in [6, 6.07) is 11.5. The first-order chi connectivity index (χ1) is 9.26. The molecule has 1 unspecified atom stereocenters. The minimum Gasteiger partial charge on any atom is -0.300 e. The summed E-state index contributed by atoms with van der Waals surface area (Å²) in [6.45, 7) is 5.89. The van der Waals surface area contributed by atoms with Crippen molar-refractivity contribution in [2.45, 2.75) is 43.6 Å². The standard InChI is InChI=1S/C16H24N2S/c1-14-7-12-19-16(17-14)8-10-18(11-9-16)13-15-5-3-2-4-6-15/h2-6,14,17H,7-13H2,1H3. The summed E-state index contributed by atoms with van der Waals surface area (Å²) in [5.41, 5.74) is 1.44. The zero-order chi connectivity index (χ0) is 13.1. The Morgan fingerprint density at radius 1 is 1.26 bits per heavy atom. The van der Waals surface area contributed by atoms with E-state index >= 15 is 0 Å². The summed E-state index contributed by atoms with van der Waals surface area (Å²) >= 11 is 2.16. The molecule has 0 aromatic heterocycles. The number of piperidine rings is 1. The van der Waals surface area contributed by atoms with Crippen LogP contribution in [0.4, 0.5) is 0 Å². The van der Waals surface area contributed by atoms with Crippen LogP contribution >= 0.6 is 11.8 Å². The van der Waals surface area contributed by atoms with E-state index in [0.29, 0.717) is 10.9 Å². The predicted octanol–water partition coefficient (Wildman–Crippen LogP) is 3.09. The van der Waals surface area contributed by atoms with Gasteiger partial charge in [0.25, 0.3) is 0 Å². The van der Waals surface area contributed by atoms with Gasteiger partial charge in [0.05, 0.1) is 4.87 Å². The molecule has 19 heavy (non-hydrogen) atoms. The van der Waals surface area contributed by atoms with Gasteiger partial charge in [-0.1, -0.05) is 30.3 Å². The van der Waals surface area contributed by atoms with Crippen LogP contribution in [0, 0.1) is 0 Å². The fourth-order valence-electron chi connectivity index (χ4n) is 3.20. The van der Waals surface area contributed by atoms with Gasteiger partial charge >= 0.3 is 0 Å². The molecular weight excluding hydrogens is 252 g/mol. The van der Waals surface area contributed by atoms with E-state index in [1.54, 1.807) is 0 Å². The number of hydrogen-bond donors (Lipinski definition) is 1. The van der Waals surface area contributed by atoms with Crippen molar-refractivity contribution in [1.82, 2.24) is 10.2 Å². The van der Waals surface area contributed by atoms with Crippen molar-refractivity contribution in [1.29, 1.82) is 0 Å². The Bertz CT molecular complexity index is 398. The first kappa shape index (κ1) is 13.5. The van der Waals surface area contributed by atoms with Crippen molar-refractivity contribution in [2.24, 2.45) is 0 Å². The average molecular weight is 276 g/mol. The Labute approximate surface area is 121 Å². The minimum absolute atomic E-state index is 0.380. The first-order valence-electron chi connectivity index (χ1n) is 7.44. The van der Waals surface area contributed by atoms with Crippen LogP contribution < -0.4 is 5.32 Å². The number of thioether (sulfide) groups is 1. The van der Waals surface area contributed by atoms with Crippen molar-refractivity contribution in [3.05, 3.63) is 35.9 Å². The summed E-state index contributed by atoms with van der Waals surface area (Å²) in [7, 11) is 0. The van der Waals surface area contributed by atoms with E-state index in [1.165, 1.54) is 43.7 Å². The van der Waals surface area contributed by atoms with Crippen molar-refractivity contribution in [3.8, 4) is 0 Å². The Kier molecular flexibility index (Phi) is 4.15. The van der Waals surface area contributed by atoms with Crippen LogP contribution in [-0.2, 0) is 6.54 Å². The fourth-order valence-corrected chi connectivity index (χ4v) is 4.81. The van der Waals surface area contributed by atoms with Crippen LogP contribution in [0.15, 0.2) is 30.3 Å². The number of likely N-dealkylation sites (tertiary alicyclic amines) is 1. The van der Waals surface area contributed by atoms with E-state index in [9.17, 15) is 0 Å². The van der Waals surface area contributed by atoms with Crippen molar-refractivity contribution in [2.75, 3.05) is 18.8 Å². The molecule has 0 bridgehead atoms. The maximum Gasteiger partial charge on any atom is 0.0671 e. The highest BCUT2D eigenvalue weighted by atomic mass is 32.2. The lowest BCUT2D eigenvalue weighted by Gasteiger charge is -2.46. The molecule has 2 saturated heterocycles. The molecule has 1 N–H and O–H groups in total. The van der Waals surface area contributed by atoms with Gasteiger partial charge in [-0.3, -0.25) is 4.90 Å². The Balaban J connectivity index is 1.54. The molecule has 2 nitrogen and oxygen atoms in total. The van der Waals surface area contributed by atoms with Crippen molar-refractivity contribution < 1.29 is 0 Å². The van der Waals surface area contributed by atoms with Gasteiger partial charge < -0.3 is 5.32 Å². The SMILES string of the molecule is CC1CCSC2(CCN(Cc3ccccc3)CC2)N1. The highest BCUT2D eigenvalue weighted by molar-refractivity contribution is 8.00. The first-order valence-corrected chi connectivity index (χ1v) is 8.42. The molecule has 2 fully saturated rings. The Hall–Kier alpha value is -0.510. The maximum absolute atomic E-state index is 3.85. The molecule has 2 aliphatic heterocycles. The zero-order valence-electron chi connectivity index (χ0n) is 11.8. The van der Waals surface area contributed by atoms with Crippen LogP contribution in [0.5, 0.6) is 0 Å². The van der Waals surface area contributed by atoms with Crippen molar-refractivity contribution >= 4 is 11.8 Å². The van der Waals surface area contributed by atoms with Crippen molar-refractivity contribution in [3.63, 3.8) is 0 Å². The highest BCUT2D eigenvalue weighted by Gasteiger charge is 2.37. The van der Waals surface area contributed by atoms with Crippen LogP contribution in [0.1, 0.15) is 31.7 Å². The molecule has 0 amide bonds. The zero-order valence-corrected chi connectivity index (χ0v) is 12.6. The summed E-state index contributed by atoms with van der Waals surface area (Å²) in [4.78, 5) is 2.98. The minimum atomic E-state index is 0.380. The summed E-state index contributed by atoms with van der Waals surface area (Å²) in [5.74, 6) is 1.33. The van der Waals surface area contributed by atoms with Gasteiger partial charge in [-0.2, -0.15) is 0 Å². The monoisotopic (exact) mass is 276 g/mol. The second-order valence-electron chi connectivity index (χ2n) is 5.94. The lowest BCUT2D eigenvalue weighted by molar-refractivity contribution is 0.167. The fraction of sp³-hybridized carbons (Fsp3) is 0.625. The third-order valence-electron chi connectivity index (χ3n) is 4.35. The van der Waals surface area contributed by atoms with E-state index in [4.69, 9.17) is 0 Å². The van der Waals surface area contributed by atoms with Gasteiger partial charge in [-0.25, -0.2) is 0 Å². The lowest BCUT2D eigenvalue weighted by atomic mass is 10.0. The highest BCUT2D eigenvalue weighted by Crippen LogP contribution is 2.38. The van der Waals surface area contributed by atoms with Gasteiger partial charge in [0.2, 0.25) is 0 Å². The molecule has 2 heterocycles. The van der Waals surface area contributed by atoms with Crippen LogP contribution in [0.2, 0.25) is 0 Å². The molecule has 1 aromatic carbocycles. The summed E-state index contributed by atoms with van der Waals surface area (Å²) < 4.78 is 0. The van der Waals surface area contributed by atoms with E-state index in [0.717, 1.165) is 6.54 Å². The maximum atomic E-state index is 3.85. The number of rotatable bonds is 2.